The van der Waals surface area contributed by atoms with Crippen LogP contribution in [0.25, 0.3) is 11.1 Å². The lowest BCUT2D eigenvalue weighted by Gasteiger charge is -2.06. The summed E-state index contributed by atoms with van der Waals surface area (Å²) in [6, 6.07) is 22.4. The highest BCUT2D eigenvalue weighted by atomic mass is 16.5. The van der Waals surface area contributed by atoms with Crippen LogP contribution in [0.1, 0.15) is 16.1 Å². The van der Waals surface area contributed by atoms with Gasteiger partial charge >= 0.3 is 11.7 Å². The zero-order valence-electron chi connectivity index (χ0n) is 12.4. The Morgan fingerprint density at radius 2 is 1.52 bits per heavy atom. The van der Waals surface area contributed by atoms with E-state index >= 15 is 0 Å². The Balaban J connectivity index is 1.65. The number of ether oxygens (including phenoxy) is 1. The van der Waals surface area contributed by atoms with Gasteiger partial charge in [-0.15, -0.1) is 0 Å². The Hall–Kier alpha value is -3.14. The van der Waals surface area contributed by atoms with Crippen molar-refractivity contribution in [1.82, 2.24) is 0 Å². The second-order valence-electron chi connectivity index (χ2n) is 5.05. The molecule has 3 rings (SSSR count). The minimum absolute atomic E-state index is 0.0200. The van der Waals surface area contributed by atoms with Gasteiger partial charge in [0.15, 0.2) is 6.20 Å². The first-order chi connectivity index (χ1) is 11.2. The van der Waals surface area contributed by atoms with Crippen molar-refractivity contribution in [3.05, 3.63) is 95.5 Å². The third-order valence-electron chi connectivity index (χ3n) is 3.46. The molecule has 2 aromatic carbocycles. The van der Waals surface area contributed by atoms with E-state index < -0.39 is 5.97 Å². The van der Waals surface area contributed by atoms with Gasteiger partial charge in [0.2, 0.25) is 0 Å². The fourth-order valence-corrected chi connectivity index (χ4v) is 2.23. The van der Waals surface area contributed by atoms with Gasteiger partial charge in [-0.1, -0.05) is 54.6 Å². The van der Waals surface area contributed by atoms with E-state index in [1.165, 1.54) is 12.3 Å². The molecule has 0 amide bonds. The zero-order valence-corrected chi connectivity index (χ0v) is 12.4. The molecule has 0 bridgehead atoms. The number of carbonyl (C=O) groups excluding carboxylic acids is 1. The molecule has 114 valence electrons. The molecular weight excluding hydrogens is 290 g/mol. The summed E-state index contributed by atoms with van der Waals surface area (Å²) in [7, 11) is 0. The Kier molecular flexibility index (Phi) is 4.34. The van der Waals surface area contributed by atoms with Crippen LogP contribution in [0.4, 0.5) is 0 Å². The molecule has 0 aliphatic carbocycles. The fraction of sp³-hybridized carbons (Fsp3) is 0.0526. The third-order valence-corrected chi connectivity index (χ3v) is 3.46. The van der Waals surface area contributed by atoms with E-state index in [1.54, 1.807) is 12.1 Å². The Labute approximate surface area is 134 Å². The van der Waals surface area contributed by atoms with E-state index in [0.29, 0.717) is 4.73 Å². The average Bonchev–Trinajstić information content (AvgIpc) is 2.61. The van der Waals surface area contributed by atoms with Crippen LogP contribution < -0.4 is 4.73 Å². The molecule has 0 spiro atoms. The third kappa shape index (κ3) is 3.55. The summed E-state index contributed by atoms with van der Waals surface area (Å²) in [5.41, 5.74) is 3.08. The first-order valence-corrected chi connectivity index (χ1v) is 7.24. The topological polar surface area (TPSA) is 53.2 Å². The summed E-state index contributed by atoms with van der Waals surface area (Å²) in [6.45, 7) is 0.128. The first kappa shape index (κ1) is 14.8. The van der Waals surface area contributed by atoms with Crippen LogP contribution in [-0.2, 0) is 11.3 Å². The van der Waals surface area contributed by atoms with Gasteiger partial charge in [0.25, 0.3) is 0 Å². The van der Waals surface area contributed by atoms with Gasteiger partial charge in [-0.3, -0.25) is 0 Å². The van der Waals surface area contributed by atoms with Crippen LogP contribution in [-0.4, -0.2) is 5.97 Å². The summed E-state index contributed by atoms with van der Waals surface area (Å²) in [6.07, 6.45) is 1.27. The van der Waals surface area contributed by atoms with Crippen LogP contribution in [0, 0.1) is 5.21 Å². The summed E-state index contributed by atoms with van der Waals surface area (Å²) < 4.78 is 5.68. The Morgan fingerprint density at radius 1 is 0.870 bits per heavy atom. The standard InChI is InChI=1S/C19H15NO3/c21-19(18-8-4-5-13-20(18)22)23-14-15-9-11-17(12-10-15)16-6-2-1-3-7-16/h1-13H,14H2. The maximum Gasteiger partial charge on any atom is 0.405 e. The molecule has 4 nitrogen and oxygen atoms in total. The Morgan fingerprint density at radius 3 is 2.22 bits per heavy atom. The number of carbonyl (C=O) groups is 1. The highest BCUT2D eigenvalue weighted by Crippen LogP contribution is 2.19. The van der Waals surface area contributed by atoms with E-state index in [2.05, 4.69) is 0 Å². The minimum Gasteiger partial charge on any atom is -0.618 e. The molecule has 0 saturated carbocycles. The number of benzene rings is 2. The van der Waals surface area contributed by atoms with E-state index in [9.17, 15) is 10.0 Å². The van der Waals surface area contributed by atoms with E-state index in [0.717, 1.165) is 16.7 Å². The molecule has 0 radical (unpaired) electrons. The molecule has 0 aliphatic heterocycles. The van der Waals surface area contributed by atoms with Crippen LogP contribution >= 0.6 is 0 Å². The van der Waals surface area contributed by atoms with Crippen LogP contribution in [0.15, 0.2) is 79.0 Å². The summed E-state index contributed by atoms with van der Waals surface area (Å²) in [5, 5.41) is 11.5. The van der Waals surface area contributed by atoms with Crippen molar-refractivity contribution in [2.75, 3.05) is 0 Å². The SMILES string of the molecule is O=C(OCc1ccc(-c2ccccc2)cc1)c1cccc[n+]1[O-]. The predicted molar refractivity (Wildman–Crippen MR) is 86.4 cm³/mol. The van der Waals surface area contributed by atoms with E-state index in [1.807, 2.05) is 54.6 Å². The first-order valence-electron chi connectivity index (χ1n) is 7.24. The molecular formula is C19H15NO3. The van der Waals surface area contributed by atoms with Crippen LogP contribution in [0.5, 0.6) is 0 Å². The average molecular weight is 305 g/mol. The normalized spacial score (nSPS) is 10.3. The van der Waals surface area contributed by atoms with Gasteiger partial charge in [-0.2, -0.15) is 4.73 Å². The number of hydrogen-bond donors (Lipinski definition) is 0. The number of rotatable bonds is 4. The van der Waals surface area contributed by atoms with Crippen molar-refractivity contribution >= 4 is 5.97 Å². The maximum absolute atomic E-state index is 11.9. The molecule has 3 aromatic rings. The summed E-state index contributed by atoms with van der Waals surface area (Å²) in [5.74, 6) is -0.632. The lowest BCUT2D eigenvalue weighted by molar-refractivity contribution is -0.608. The molecule has 1 heterocycles. The second kappa shape index (κ2) is 6.75. The lowest BCUT2D eigenvalue weighted by Crippen LogP contribution is -2.34. The molecule has 1 aromatic heterocycles. The van der Waals surface area contributed by atoms with Crippen LogP contribution in [0.3, 0.4) is 0 Å². The molecule has 23 heavy (non-hydrogen) atoms. The molecule has 0 N–H and O–H groups in total. The number of esters is 1. The summed E-state index contributed by atoms with van der Waals surface area (Å²) in [4.78, 5) is 11.9. The highest BCUT2D eigenvalue weighted by Gasteiger charge is 2.16. The van der Waals surface area contributed by atoms with Gasteiger partial charge in [-0.05, 0) is 22.8 Å². The summed E-state index contributed by atoms with van der Waals surface area (Å²) >= 11 is 0. The minimum atomic E-state index is -0.632. The van der Waals surface area contributed by atoms with Crippen molar-refractivity contribution in [1.29, 1.82) is 0 Å². The zero-order chi connectivity index (χ0) is 16.1. The fourth-order valence-electron chi connectivity index (χ4n) is 2.23. The Bertz CT molecular complexity index is 798. The van der Waals surface area contributed by atoms with Crippen molar-refractivity contribution in [3.8, 4) is 11.1 Å². The van der Waals surface area contributed by atoms with Crippen molar-refractivity contribution in [3.63, 3.8) is 0 Å². The van der Waals surface area contributed by atoms with Gasteiger partial charge in [-0.25, -0.2) is 4.79 Å². The lowest BCUT2D eigenvalue weighted by atomic mass is 10.0. The van der Waals surface area contributed by atoms with E-state index in [4.69, 9.17) is 4.74 Å². The van der Waals surface area contributed by atoms with Gasteiger partial charge in [0, 0.05) is 12.1 Å². The van der Waals surface area contributed by atoms with Crippen molar-refractivity contribution < 1.29 is 14.3 Å². The van der Waals surface area contributed by atoms with Crippen molar-refractivity contribution in [2.24, 2.45) is 0 Å². The predicted octanol–water partition coefficient (Wildman–Crippen LogP) is 3.34. The van der Waals surface area contributed by atoms with Gasteiger partial charge in [0.1, 0.15) is 6.61 Å². The van der Waals surface area contributed by atoms with Gasteiger partial charge < -0.3 is 9.94 Å². The molecule has 0 saturated heterocycles. The second-order valence-corrected chi connectivity index (χ2v) is 5.05. The maximum atomic E-state index is 11.9. The molecule has 0 unspecified atom stereocenters. The smallest absolute Gasteiger partial charge is 0.405 e. The monoisotopic (exact) mass is 305 g/mol. The molecule has 0 atom stereocenters. The molecule has 4 heteroatoms. The van der Waals surface area contributed by atoms with Crippen LogP contribution in [0.2, 0.25) is 0 Å². The quantitative estimate of drug-likeness (QED) is 0.422. The largest absolute Gasteiger partial charge is 0.618 e. The molecule has 0 fully saturated rings. The van der Waals surface area contributed by atoms with E-state index in [-0.39, 0.29) is 12.3 Å². The highest BCUT2D eigenvalue weighted by molar-refractivity contribution is 5.85. The van der Waals surface area contributed by atoms with Gasteiger partial charge in [0.05, 0.1) is 0 Å². The van der Waals surface area contributed by atoms with Crippen molar-refractivity contribution in [2.45, 2.75) is 6.61 Å². The number of aromatic nitrogens is 1. The number of hydrogen-bond acceptors (Lipinski definition) is 3. The number of pyridine rings is 1. The number of nitrogens with zero attached hydrogens (tertiary/aromatic N) is 1. The molecule has 0 aliphatic rings.